The molecule has 1 aliphatic heterocycles. The number of hydrogen-bond acceptors (Lipinski definition) is 6. The molecule has 4 rings (SSSR count). The molecule has 0 radical (unpaired) electrons. The van der Waals surface area contributed by atoms with Crippen LogP contribution >= 0.6 is 0 Å². The van der Waals surface area contributed by atoms with Crippen molar-refractivity contribution < 1.29 is 9.53 Å². The molecule has 1 unspecified atom stereocenters. The van der Waals surface area contributed by atoms with E-state index < -0.39 is 11.2 Å². The number of carbonyl (C=O) groups is 1. The highest BCUT2D eigenvalue weighted by Gasteiger charge is 2.33. The van der Waals surface area contributed by atoms with Crippen molar-refractivity contribution >= 4 is 17.4 Å². The fourth-order valence-corrected chi connectivity index (χ4v) is 4.74. The van der Waals surface area contributed by atoms with Crippen LogP contribution in [0.4, 0.5) is 11.5 Å². The molecule has 3 N–H and O–H groups in total. The van der Waals surface area contributed by atoms with Crippen molar-refractivity contribution in [2.75, 3.05) is 37.4 Å². The third kappa shape index (κ3) is 5.92. The smallest absolute Gasteiger partial charge is 0.330 e. The van der Waals surface area contributed by atoms with Crippen LogP contribution in [0.3, 0.4) is 0 Å². The lowest BCUT2D eigenvalue weighted by Gasteiger charge is -2.35. The number of anilines is 2. The van der Waals surface area contributed by atoms with Gasteiger partial charge in [0.2, 0.25) is 5.91 Å². The van der Waals surface area contributed by atoms with Crippen LogP contribution in [0.25, 0.3) is 0 Å². The lowest BCUT2D eigenvalue weighted by Crippen LogP contribution is -2.47. The van der Waals surface area contributed by atoms with Crippen molar-refractivity contribution in [3.63, 3.8) is 0 Å². The SMILES string of the molecule is COCCn1c(N)c(N(Cc2ccccc2)C(=O)C2CCCN(Cc3ccccc3)C2)c(=O)[nH]c1=O. The Labute approximate surface area is 210 Å². The Bertz CT molecular complexity index is 1270. The number of likely N-dealkylation sites (tertiary alicyclic amines) is 1. The number of amides is 1. The fraction of sp³-hybridized carbons (Fsp3) is 0.370. The number of nitrogens with two attached hydrogens (primary N) is 1. The molecule has 0 saturated carbocycles. The molecule has 2 heterocycles. The van der Waals surface area contributed by atoms with Gasteiger partial charge in [-0.3, -0.25) is 28.9 Å². The number of nitrogen functional groups attached to an aromatic ring is 1. The van der Waals surface area contributed by atoms with Gasteiger partial charge in [-0.1, -0.05) is 60.7 Å². The molecule has 2 aromatic carbocycles. The van der Waals surface area contributed by atoms with Gasteiger partial charge in [0, 0.05) is 20.2 Å². The average molecular weight is 492 g/mol. The zero-order valence-electron chi connectivity index (χ0n) is 20.6. The quantitative estimate of drug-likeness (QED) is 0.475. The minimum atomic E-state index is -0.674. The summed E-state index contributed by atoms with van der Waals surface area (Å²) in [6.07, 6.45) is 1.60. The number of carbonyl (C=O) groups excluding carboxylic acids is 1. The van der Waals surface area contributed by atoms with Crippen LogP contribution in [0.15, 0.2) is 70.3 Å². The van der Waals surface area contributed by atoms with E-state index in [0.29, 0.717) is 6.54 Å². The van der Waals surface area contributed by atoms with Crippen LogP contribution in [0.2, 0.25) is 0 Å². The standard InChI is InChI=1S/C27H33N5O4/c1-36-16-15-31-24(28)23(25(33)29-27(31)35)32(18-21-11-6-3-7-12-21)26(34)22-13-8-14-30(19-22)17-20-9-4-2-5-10-20/h2-7,9-12,22H,8,13-19,28H2,1H3,(H,29,33,35). The molecule has 0 bridgehead atoms. The van der Waals surface area contributed by atoms with Crippen LogP contribution in [0, 0.1) is 5.92 Å². The van der Waals surface area contributed by atoms with Gasteiger partial charge in [0.05, 0.1) is 25.6 Å². The van der Waals surface area contributed by atoms with E-state index in [4.69, 9.17) is 10.5 Å². The van der Waals surface area contributed by atoms with Crippen LogP contribution in [0.5, 0.6) is 0 Å². The number of H-pyrrole nitrogens is 1. The molecular weight excluding hydrogens is 458 g/mol. The Morgan fingerprint density at radius 1 is 1.08 bits per heavy atom. The molecule has 9 heteroatoms. The predicted molar refractivity (Wildman–Crippen MR) is 140 cm³/mol. The van der Waals surface area contributed by atoms with Crippen molar-refractivity contribution in [2.45, 2.75) is 32.5 Å². The van der Waals surface area contributed by atoms with E-state index in [0.717, 1.165) is 31.5 Å². The number of ether oxygens (including phenoxy) is 1. The summed E-state index contributed by atoms with van der Waals surface area (Å²) in [6.45, 7) is 2.81. The molecule has 3 aromatic rings. The first-order chi connectivity index (χ1) is 17.5. The maximum Gasteiger partial charge on any atom is 0.330 e. The highest BCUT2D eigenvalue weighted by molar-refractivity contribution is 5.97. The first-order valence-electron chi connectivity index (χ1n) is 12.2. The molecule has 36 heavy (non-hydrogen) atoms. The zero-order chi connectivity index (χ0) is 25.5. The lowest BCUT2D eigenvalue weighted by molar-refractivity contribution is -0.124. The average Bonchev–Trinajstić information content (AvgIpc) is 2.89. The first kappa shape index (κ1) is 25.4. The number of methoxy groups -OCH3 is 1. The van der Waals surface area contributed by atoms with Gasteiger partial charge in [-0.15, -0.1) is 0 Å². The highest BCUT2D eigenvalue weighted by atomic mass is 16.5. The van der Waals surface area contributed by atoms with Crippen molar-refractivity contribution in [1.82, 2.24) is 14.5 Å². The number of aromatic amines is 1. The van der Waals surface area contributed by atoms with Crippen LogP contribution in [0.1, 0.15) is 24.0 Å². The normalized spacial score (nSPS) is 16.1. The van der Waals surface area contributed by atoms with Gasteiger partial charge in [-0.05, 0) is 30.5 Å². The van der Waals surface area contributed by atoms with Crippen molar-refractivity contribution in [3.05, 3.63) is 92.6 Å². The molecule has 190 valence electrons. The summed E-state index contributed by atoms with van der Waals surface area (Å²) in [7, 11) is 1.52. The highest BCUT2D eigenvalue weighted by Crippen LogP contribution is 2.26. The number of nitrogens with zero attached hydrogens (tertiary/aromatic N) is 3. The molecule has 0 spiro atoms. The van der Waals surface area contributed by atoms with Gasteiger partial charge in [0.15, 0.2) is 5.69 Å². The minimum absolute atomic E-state index is 0.000242. The number of benzene rings is 2. The molecule has 1 fully saturated rings. The molecular formula is C27H33N5O4. The summed E-state index contributed by atoms with van der Waals surface area (Å²) in [5, 5.41) is 0. The van der Waals surface area contributed by atoms with Gasteiger partial charge in [-0.25, -0.2) is 4.79 Å². The number of piperidine rings is 1. The summed E-state index contributed by atoms with van der Waals surface area (Å²) in [6, 6.07) is 19.6. The van der Waals surface area contributed by atoms with E-state index >= 15 is 0 Å². The van der Waals surface area contributed by atoms with Crippen molar-refractivity contribution in [2.24, 2.45) is 5.92 Å². The molecule has 1 amide bonds. The Balaban J connectivity index is 1.67. The van der Waals surface area contributed by atoms with E-state index in [1.807, 2.05) is 48.5 Å². The second kappa shape index (κ2) is 11.8. The van der Waals surface area contributed by atoms with Crippen LogP contribution in [-0.4, -0.2) is 47.2 Å². The molecule has 9 nitrogen and oxygen atoms in total. The van der Waals surface area contributed by atoms with E-state index in [9.17, 15) is 14.4 Å². The Kier molecular flexibility index (Phi) is 8.35. The van der Waals surface area contributed by atoms with Crippen LogP contribution in [-0.2, 0) is 29.2 Å². The van der Waals surface area contributed by atoms with Gasteiger partial charge >= 0.3 is 5.69 Å². The summed E-state index contributed by atoms with van der Waals surface area (Å²) in [5.74, 6) is -0.517. The number of rotatable bonds is 9. The molecule has 1 saturated heterocycles. The molecule has 1 atom stereocenters. The van der Waals surface area contributed by atoms with Gasteiger partial charge in [0.25, 0.3) is 5.56 Å². The van der Waals surface area contributed by atoms with Gasteiger partial charge in [-0.2, -0.15) is 0 Å². The van der Waals surface area contributed by atoms with E-state index in [-0.39, 0.29) is 43.0 Å². The Morgan fingerprint density at radius 3 is 2.42 bits per heavy atom. The lowest BCUT2D eigenvalue weighted by atomic mass is 9.95. The van der Waals surface area contributed by atoms with E-state index in [1.54, 1.807) is 0 Å². The van der Waals surface area contributed by atoms with Crippen molar-refractivity contribution in [1.29, 1.82) is 0 Å². The maximum atomic E-state index is 14.0. The number of hydrogen-bond donors (Lipinski definition) is 2. The topological polar surface area (TPSA) is 114 Å². The molecule has 1 aromatic heterocycles. The largest absolute Gasteiger partial charge is 0.383 e. The summed E-state index contributed by atoms with van der Waals surface area (Å²) < 4.78 is 6.34. The second-order valence-electron chi connectivity index (χ2n) is 9.11. The summed E-state index contributed by atoms with van der Waals surface area (Å²) in [4.78, 5) is 45.5. The predicted octanol–water partition coefficient (Wildman–Crippen LogP) is 2.21. The molecule has 1 aliphatic rings. The second-order valence-corrected chi connectivity index (χ2v) is 9.11. The summed E-state index contributed by atoms with van der Waals surface area (Å²) >= 11 is 0. The first-order valence-corrected chi connectivity index (χ1v) is 12.2. The Morgan fingerprint density at radius 2 is 1.75 bits per heavy atom. The minimum Gasteiger partial charge on any atom is -0.383 e. The maximum absolute atomic E-state index is 14.0. The summed E-state index contributed by atoms with van der Waals surface area (Å²) in [5.41, 5.74) is 7.11. The third-order valence-electron chi connectivity index (χ3n) is 6.56. The van der Waals surface area contributed by atoms with Gasteiger partial charge in [0.1, 0.15) is 5.82 Å². The zero-order valence-corrected chi connectivity index (χ0v) is 20.6. The monoisotopic (exact) mass is 491 g/mol. The van der Waals surface area contributed by atoms with E-state index in [1.165, 1.54) is 22.1 Å². The molecule has 0 aliphatic carbocycles. The number of aromatic nitrogens is 2. The number of nitrogens with one attached hydrogen (secondary N) is 1. The fourth-order valence-electron chi connectivity index (χ4n) is 4.74. The van der Waals surface area contributed by atoms with E-state index in [2.05, 4.69) is 22.0 Å². The third-order valence-corrected chi connectivity index (χ3v) is 6.56. The van der Waals surface area contributed by atoms with Crippen molar-refractivity contribution in [3.8, 4) is 0 Å². The Hall–Kier alpha value is -3.69. The van der Waals surface area contributed by atoms with Crippen LogP contribution < -0.4 is 21.9 Å². The van der Waals surface area contributed by atoms with Gasteiger partial charge < -0.3 is 10.5 Å².